The number of halogens is 1. The van der Waals surface area contributed by atoms with Crippen molar-refractivity contribution in [2.45, 2.75) is 25.9 Å². The highest BCUT2D eigenvalue weighted by Gasteiger charge is 2.37. The van der Waals surface area contributed by atoms with Crippen LogP contribution in [0.4, 0.5) is 0 Å². The van der Waals surface area contributed by atoms with E-state index in [2.05, 4.69) is 5.10 Å². The van der Waals surface area contributed by atoms with E-state index in [0.717, 1.165) is 22.4 Å². The molecule has 0 saturated heterocycles. The van der Waals surface area contributed by atoms with Crippen LogP contribution in [0.5, 0.6) is 0 Å². The van der Waals surface area contributed by atoms with E-state index in [1.54, 1.807) is 29.9 Å². The Bertz CT molecular complexity index is 1040. The number of benzene rings is 2. The molecule has 0 aliphatic carbocycles. The number of aryl methyl sites for hydroxylation is 1. The number of hydrogen-bond donors (Lipinski definition) is 0. The number of fused-ring (bicyclic) bond motifs is 1. The van der Waals surface area contributed by atoms with Crippen LogP contribution < -0.4 is 0 Å². The van der Waals surface area contributed by atoms with Crippen LogP contribution >= 0.6 is 11.6 Å². The second-order valence-electron chi connectivity index (χ2n) is 7.06. The predicted molar refractivity (Wildman–Crippen MR) is 107 cm³/mol. The molecule has 28 heavy (non-hydrogen) atoms. The first-order valence-corrected chi connectivity index (χ1v) is 9.49. The molecule has 0 spiro atoms. The first-order chi connectivity index (χ1) is 13.5. The fourth-order valence-electron chi connectivity index (χ4n) is 3.74. The first-order valence-electron chi connectivity index (χ1n) is 9.12. The van der Waals surface area contributed by atoms with Gasteiger partial charge in [-0.2, -0.15) is 5.10 Å². The van der Waals surface area contributed by atoms with E-state index in [-0.39, 0.29) is 17.7 Å². The molecule has 3 aromatic rings. The summed E-state index contributed by atoms with van der Waals surface area (Å²) in [6.07, 6.45) is 2.22. The Labute approximate surface area is 168 Å². The molecule has 5 nitrogen and oxygen atoms in total. The molecule has 2 heterocycles. The Hall–Kier alpha value is -2.92. The molecule has 0 N–H and O–H groups in total. The van der Waals surface area contributed by atoms with Gasteiger partial charge in [0.15, 0.2) is 5.78 Å². The smallest absolute Gasteiger partial charge is 0.255 e. The van der Waals surface area contributed by atoms with Gasteiger partial charge in [0.1, 0.15) is 0 Å². The van der Waals surface area contributed by atoms with Crippen LogP contribution in [0.25, 0.3) is 0 Å². The third kappa shape index (κ3) is 3.22. The van der Waals surface area contributed by atoms with Crippen LogP contribution in [0.15, 0.2) is 54.7 Å². The predicted octanol–water partition coefficient (Wildman–Crippen LogP) is 4.22. The van der Waals surface area contributed by atoms with Gasteiger partial charge >= 0.3 is 0 Å². The summed E-state index contributed by atoms with van der Waals surface area (Å²) in [4.78, 5) is 26.5. The SMILES string of the molecule is CC(=O)c1ccc(CN2C(=O)c3ccccc3C2Cc2c(Cl)cnn2C)cc1. The topological polar surface area (TPSA) is 55.2 Å². The Balaban J connectivity index is 1.68. The van der Waals surface area contributed by atoms with Crippen LogP contribution in [-0.2, 0) is 20.0 Å². The molecule has 0 fully saturated rings. The molecule has 0 radical (unpaired) electrons. The van der Waals surface area contributed by atoms with Gasteiger partial charge in [-0.3, -0.25) is 14.3 Å². The van der Waals surface area contributed by atoms with Gasteiger partial charge in [0.05, 0.1) is 23.0 Å². The molecule has 0 saturated carbocycles. The number of Topliss-reactive ketones (excluding diaryl/α,β-unsaturated/α-hetero) is 1. The second-order valence-corrected chi connectivity index (χ2v) is 7.46. The van der Waals surface area contributed by atoms with Crippen LogP contribution in [0, 0.1) is 0 Å². The molecular formula is C22H20ClN3O2. The summed E-state index contributed by atoms with van der Waals surface area (Å²) in [5.41, 5.74) is 4.27. The minimum atomic E-state index is -0.121. The average Bonchev–Trinajstić information content (AvgIpc) is 3.15. The number of ketones is 1. The van der Waals surface area contributed by atoms with Crippen molar-refractivity contribution in [2.24, 2.45) is 7.05 Å². The highest BCUT2D eigenvalue weighted by Crippen LogP contribution is 2.38. The zero-order valence-electron chi connectivity index (χ0n) is 15.7. The molecule has 1 aliphatic rings. The standard InChI is InChI=1S/C22H20ClN3O2/c1-14(27)16-9-7-15(8-10-16)13-26-20(11-21-19(23)12-24-25(21)2)17-5-3-4-6-18(17)22(26)28/h3-10,12,20H,11,13H2,1-2H3. The molecule has 1 amide bonds. The fraction of sp³-hybridized carbons (Fsp3) is 0.227. The number of aromatic nitrogens is 2. The molecule has 6 heteroatoms. The molecule has 0 bridgehead atoms. The Morgan fingerprint density at radius 3 is 2.50 bits per heavy atom. The van der Waals surface area contributed by atoms with E-state index >= 15 is 0 Å². The van der Waals surface area contributed by atoms with Gasteiger partial charge in [-0.25, -0.2) is 0 Å². The van der Waals surface area contributed by atoms with Crippen molar-refractivity contribution < 1.29 is 9.59 Å². The number of hydrogen-bond acceptors (Lipinski definition) is 3. The van der Waals surface area contributed by atoms with Crippen molar-refractivity contribution in [2.75, 3.05) is 0 Å². The third-order valence-corrected chi connectivity index (χ3v) is 5.61. The summed E-state index contributed by atoms with van der Waals surface area (Å²) >= 11 is 6.32. The summed E-state index contributed by atoms with van der Waals surface area (Å²) in [5, 5.41) is 4.82. The van der Waals surface area contributed by atoms with Crippen molar-refractivity contribution in [3.8, 4) is 0 Å². The highest BCUT2D eigenvalue weighted by molar-refractivity contribution is 6.31. The maximum atomic E-state index is 13.1. The van der Waals surface area contributed by atoms with Crippen molar-refractivity contribution in [1.82, 2.24) is 14.7 Å². The Morgan fingerprint density at radius 1 is 1.14 bits per heavy atom. The molecule has 4 rings (SSSR count). The van der Waals surface area contributed by atoms with Gasteiger partial charge in [0.2, 0.25) is 0 Å². The first kappa shape index (κ1) is 18.4. The maximum Gasteiger partial charge on any atom is 0.255 e. The van der Waals surface area contributed by atoms with Crippen molar-refractivity contribution in [1.29, 1.82) is 0 Å². The minimum absolute atomic E-state index is 0.00883. The number of amides is 1. The maximum absolute atomic E-state index is 13.1. The molecule has 1 unspecified atom stereocenters. The van der Waals surface area contributed by atoms with Crippen LogP contribution in [0.1, 0.15) is 50.5 Å². The fourth-order valence-corrected chi connectivity index (χ4v) is 3.98. The molecule has 142 valence electrons. The molecule has 1 aliphatic heterocycles. The Kier molecular flexibility index (Phi) is 4.77. The van der Waals surface area contributed by atoms with E-state index in [9.17, 15) is 9.59 Å². The van der Waals surface area contributed by atoms with Crippen LogP contribution in [0.3, 0.4) is 0 Å². The second kappa shape index (κ2) is 7.24. The lowest BCUT2D eigenvalue weighted by atomic mass is 10.0. The summed E-state index contributed by atoms with van der Waals surface area (Å²) < 4.78 is 1.76. The number of rotatable bonds is 5. The monoisotopic (exact) mass is 393 g/mol. The quantitative estimate of drug-likeness (QED) is 0.610. The normalized spacial score (nSPS) is 15.8. The van der Waals surface area contributed by atoms with Crippen molar-refractivity contribution in [3.63, 3.8) is 0 Å². The van der Waals surface area contributed by atoms with Gasteiger partial charge in [-0.15, -0.1) is 0 Å². The van der Waals surface area contributed by atoms with Gasteiger partial charge in [0.25, 0.3) is 5.91 Å². The largest absolute Gasteiger partial charge is 0.327 e. The van der Waals surface area contributed by atoms with Crippen LogP contribution in [0.2, 0.25) is 5.02 Å². The summed E-state index contributed by atoms with van der Waals surface area (Å²) in [6.45, 7) is 2.01. The molecule has 1 atom stereocenters. The number of carbonyl (C=O) groups excluding carboxylic acids is 2. The van der Waals surface area contributed by atoms with Gasteiger partial charge in [-0.1, -0.05) is 54.1 Å². The molecular weight excluding hydrogens is 374 g/mol. The molecule has 2 aromatic carbocycles. The Morgan fingerprint density at radius 2 is 1.86 bits per heavy atom. The van der Waals surface area contributed by atoms with Gasteiger partial charge in [0, 0.05) is 31.1 Å². The number of nitrogens with zero attached hydrogens (tertiary/aromatic N) is 3. The third-order valence-electron chi connectivity index (χ3n) is 5.30. The van der Waals surface area contributed by atoms with Gasteiger partial charge in [-0.05, 0) is 24.1 Å². The van der Waals surface area contributed by atoms with Crippen LogP contribution in [-0.4, -0.2) is 26.4 Å². The zero-order chi connectivity index (χ0) is 19.8. The number of carbonyl (C=O) groups is 2. The van der Waals surface area contributed by atoms with E-state index in [1.165, 1.54) is 0 Å². The summed E-state index contributed by atoms with van der Waals surface area (Å²) in [7, 11) is 1.86. The van der Waals surface area contributed by atoms with Gasteiger partial charge < -0.3 is 4.90 Å². The summed E-state index contributed by atoms with van der Waals surface area (Å²) in [6, 6.07) is 15.0. The average molecular weight is 394 g/mol. The van der Waals surface area contributed by atoms with E-state index in [1.807, 2.05) is 48.3 Å². The van der Waals surface area contributed by atoms with Crippen molar-refractivity contribution in [3.05, 3.63) is 87.7 Å². The lowest BCUT2D eigenvalue weighted by Gasteiger charge is -2.26. The summed E-state index contributed by atoms with van der Waals surface area (Å²) in [5.74, 6) is 0.0365. The lowest BCUT2D eigenvalue weighted by molar-refractivity contribution is 0.0707. The van der Waals surface area contributed by atoms with Crippen molar-refractivity contribution >= 4 is 23.3 Å². The molecule has 1 aromatic heterocycles. The van der Waals surface area contributed by atoms with E-state index < -0.39 is 0 Å². The van der Waals surface area contributed by atoms with E-state index in [4.69, 9.17) is 11.6 Å². The van der Waals surface area contributed by atoms with E-state index in [0.29, 0.717) is 23.6 Å². The highest BCUT2D eigenvalue weighted by atomic mass is 35.5. The lowest BCUT2D eigenvalue weighted by Crippen LogP contribution is -2.29. The minimum Gasteiger partial charge on any atom is -0.327 e. The zero-order valence-corrected chi connectivity index (χ0v) is 16.5.